The average Bonchev–Trinajstić information content (AvgIpc) is 3.19. The zero-order valence-electron chi connectivity index (χ0n) is 17.3. The van der Waals surface area contributed by atoms with E-state index in [1.165, 1.54) is 5.56 Å². The zero-order valence-corrected chi connectivity index (χ0v) is 18.2. The summed E-state index contributed by atoms with van der Waals surface area (Å²) in [7, 11) is -1.58. The molecule has 0 aromatic heterocycles. The predicted molar refractivity (Wildman–Crippen MR) is 117 cm³/mol. The summed E-state index contributed by atoms with van der Waals surface area (Å²) in [6, 6.07) is 10.5. The molecule has 29 heavy (non-hydrogen) atoms. The molecule has 0 bridgehead atoms. The van der Waals surface area contributed by atoms with Crippen molar-refractivity contribution in [2.75, 3.05) is 45.6 Å². The minimum absolute atomic E-state index is 0.00500. The molecule has 1 aromatic carbocycles. The van der Waals surface area contributed by atoms with Crippen LogP contribution >= 0.6 is 0 Å². The highest BCUT2D eigenvalue weighted by Crippen LogP contribution is 2.20. The Bertz CT molecular complexity index is 748. The molecule has 2 unspecified atom stereocenters. The molecule has 0 spiro atoms. The molecule has 2 atom stereocenters. The minimum atomic E-state index is -3.33. The second-order valence-electron chi connectivity index (χ2n) is 7.92. The second kappa shape index (κ2) is 10.9. The Labute approximate surface area is 175 Å². The van der Waals surface area contributed by atoms with E-state index in [1.807, 2.05) is 6.07 Å². The summed E-state index contributed by atoms with van der Waals surface area (Å²) in [5.41, 5.74) is 1.36. The second-order valence-corrected chi connectivity index (χ2v) is 9.85. The summed E-state index contributed by atoms with van der Waals surface area (Å²) in [4.78, 5) is 6.57. The van der Waals surface area contributed by atoms with Gasteiger partial charge in [-0.05, 0) is 43.6 Å². The first-order valence-electron chi connectivity index (χ1n) is 10.6. The van der Waals surface area contributed by atoms with Crippen LogP contribution < -0.4 is 10.0 Å². The molecule has 0 aliphatic carbocycles. The van der Waals surface area contributed by atoms with Gasteiger partial charge in [0.1, 0.15) is 0 Å². The molecule has 2 aliphatic heterocycles. The Morgan fingerprint density at radius 3 is 2.79 bits per heavy atom. The maximum Gasteiger partial charge on any atom is 0.213 e. The summed E-state index contributed by atoms with van der Waals surface area (Å²) >= 11 is 0. The first kappa shape index (κ1) is 22.1. The number of aliphatic imine (C=N–C) groups is 1. The monoisotopic (exact) mass is 422 g/mol. The lowest BCUT2D eigenvalue weighted by Gasteiger charge is -2.23. The number of nitrogens with zero attached hydrogens (tertiary/aromatic N) is 2. The van der Waals surface area contributed by atoms with Crippen LogP contribution in [-0.4, -0.2) is 71.0 Å². The largest absolute Gasteiger partial charge is 0.377 e. The van der Waals surface area contributed by atoms with Crippen molar-refractivity contribution in [2.24, 2.45) is 10.9 Å². The van der Waals surface area contributed by atoms with Crippen LogP contribution in [0.1, 0.15) is 31.2 Å². The number of likely N-dealkylation sites (tertiary alicyclic amines) is 1. The average molecular weight is 423 g/mol. The molecule has 2 saturated heterocycles. The van der Waals surface area contributed by atoms with Crippen LogP contribution in [0.15, 0.2) is 35.3 Å². The Balaban J connectivity index is 1.38. The number of nitrogens with one attached hydrogen (secondary N) is 2. The third-order valence-corrected chi connectivity index (χ3v) is 6.97. The highest BCUT2D eigenvalue weighted by Gasteiger charge is 2.25. The van der Waals surface area contributed by atoms with Gasteiger partial charge in [-0.2, -0.15) is 0 Å². The van der Waals surface area contributed by atoms with Gasteiger partial charge in [0, 0.05) is 39.8 Å². The molecule has 2 fully saturated rings. The third kappa shape index (κ3) is 7.28. The van der Waals surface area contributed by atoms with Crippen molar-refractivity contribution in [1.82, 2.24) is 14.9 Å². The summed E-state index contributed by atoms with van der Waals surface area (Å²) in [5, 5.41) is 3.22. The summed E-state index contributed by atoms with van der Waals surface area (Å²) in [6.45, 7) is 3.32. The van der Waals surface area contributed by atoms with Gasteiger partial charge in [0.25, 0.3) is 0 Å². The molecule has 7 nitrogen and oxygen atoms in total. The van der Waals surface area contributed by atoms with E-state index >= 15 is 0 Å². The van der Waals surface area contributed by atoms with Gasteiger partial charge < -0.3 is 15.0 Å². The van der Waals surface area contributed by atoms with Crippen LogP contribution in [0.25, 0.3) is 0 Å². The summed E-state index contributed by atoms with van der Waals surface area (Å²) in [6.07, 6.45) is 5.28. The Morgan fingerprint density at radius 1 is 1.24 bits per heavy atom. The predicted octanol–water partition coefficient (Wildman–Crippen LogP) is 1.61. The summed E-state index contributed by atoms with van der Waals surface area (Å²) < 4.78 is 32.8. The minimum Gasteiger partial charge on any atom is -0.377 e. The van der Waals surface area contributed by atoms with Crippen molar-refractivity contribution in [2.45, 2.75) is 38.2 Å². The maximum atomic E-state index is 12.3. The Morgan fingerprint density at radius 2 is 2.07 bits per heavy atom. The van der Waals surface area contributed by atoms with E-state index in [9.17, 15) is 8.42 Å². The van der Waals surface area contributed by atoms with Crippen LogP contribution in [-0.2, 0) is 21.2 Å². The Kier molecular flexibility index (Phi) is 8.32. The maximum absolute atomic E-state index is 12.3. The van der Waals surface area contributed by atoms with Crippen molar-refractivity contribution < 1.29 is 13.2 Å². The molecule has 3 rings (SSSR count). The first-order chi connectivity index (χ1) is 14.1. The van der Waals surface area contributed by atoms with Gasteiger partial charge in [-0.15, -0.1) is 0 Å². The van der Waals surface area contributed by atoms with Crippen LogP contribution in [0.3, 0.4) is 0 Å². The molecular formula is C21H34N4O3S. The van der Waals surface area contributed by atoms with Gasteiger partial charge in [-0.3, -0.25) is 4.99 Å². The fourth-order valence-corrected chi connectivity index (χ4v) is 4.98. The van der Waals surface area contributed by atoms with Crippen molar-refractivity contribution in [1.29, 1.82) is 0 Å². The smallest absolute Gasteiger partial charge is 0.213 e. The SMILES string of the molecule is CN=C(NCCS(=O)(=O)NCC1CCCCO1)N1CCC(Cc2ccccc2)C1. The first-order valence-corrected chi connectivity index (χ1v) is 12.3. The molecule has 2 N–H and O–H groups in total. The topological polar surface area (TPSA) is 83.0 Å². The number of ether oxygens (including phenoxy) is 1. The van der Waals surface area contributed by atoms with Crippen LogP contribution in [0, 0.1) is 5.92 Å². The number of hydrogen-bond donors (Lipinski definition) is 2. The Hall–Kier alpha value is -1.64. The normalized spacial score (nSPS) is 23.3. The van der Waals surface area contributed by atoms with E-state index in [0.29, 0.717) is 19.0 Å². The van der Waals surface area contributed by atoms with Crippen molar-refractivity contribution >= 4 is 16.0 Å². The summed E-state index contributed by atoms with van der Waals surface area (Å²) in [5.74, 6) is 1.41. The molecule has 0 radical (unpaired) electrons. The molecule has 162 valence electrons. The number of rotatable bonds is 8. The zero-order chi connectivity index (χ0) is 20.5. The molecular weight excluding hydrogens is 388 g/mol. The van der Waals surface area contributed by atoms with Gasteiger partial charge in [0.15, 0.2) is 5.96 Å². The number of hydrogen-bond acceptors (Lipinski definition) is 4. The van der Waals surface area contributed by atoms with E-state index in [-0.39, 0.29) is 11.9 Å². The lowest BCUT2D eigenvalue weighted by atomic mass is 9.99. The van der Waals surface area contributed by atoms with Crippen molar-refractivity contribution in [3.63, 3.8) is 0 Å². The fourth-order valence-electron chi connectivity index (χ4n) is 4.03. The molecule has 1 aromatic rings. The highest BCUT2D eigenvalue weighted by molar-refractivity contribution is 7.89. The van der Waals surface area contributed by atoms with Crippen LogP contribution in [0.2, 0.25) is 0 Å². The standard InChI is InChI=1S/C21H34N4O3S/c1-22-21(25-12-10-19(17-25)15-18-7-3-2-4-8-18)23-11-14-29(26,27)24-16-20-9-5-6-13-28-20/h2-4,7-8,19-20,24H,5-6,9-17H2,1H3,(H,22,23). The lowest BCUT2D eigenvalue weighted by molar-refractivity contribution is 0.0200. The van der Waals surface area contributed by atoms with E-state index in [2.05, 4.69) is 44.2 Å². The third-order valence-electron chi connectivity index (χ3n) is 5.62. The highest BCUT2D eigenvalue weighted by atomic mass is 32.2. The van der Waals surface area contributed by atoms with Gasteiger partial charge >= 0.3 is 0 Å². The number of benzene rings is 1. The fraction of sp³-hybridized carbons (Fsp3) is 0.667. The van der Waals surface area contributed by atoms with E-state index < -0.39 is 10.0 Å². The number of guanidine groups is 1. The van der Waals surface area contributed by atoms with Crippen molar-refractivity contribution in [3.05, 3.63) is 35.9 Å². The van der Waals surface area contributed by atoms with Gasteiger partial charge in [-0.1, -0.05) is 30.3 Å². The number of sulfonamides is 1. The molecule has 0 amide bonds. The van der Waals surface area contributed by atoms with Crippen LogP contribution in [0.5, 0.6) is 0 Å². The molecule has 0 saturated carbocycles. The van der Waals surface area contributed by atoms with Crippen molar-refractivity contribution in [3.8, 4) is 0 Å². The quantitative estimate of drug-likeness (QED) is 0.491. The van der Waals surface area contributed by atoms with Gasteiger partial charge in [0.2, 0.25) is 10.0 Å². The van der Waals surface area contributed by atoms with E-state index in [4.69, 9.17) is 4.74 Å². The van der Waals surface area contributed by atoms with Gasteiger partial charge in [0.05, 0.1) is 11.9 Å². The van der Waals surface area contributed by atoms with E-state index in [0.717, 1.165) is 57.8 Å². The van der Waals surface area contributed by atoms with Gasteiger partial charge in [-0.25, -0.2) is 13.1 Å². The lowest BCUT2D eigenvalue weighted by Crippen LogP contribution is -2.44. The molecule has 2 heterocycles. The molecule has 8 heteroatoms. The van der Waals surface area contributed by atoms with Crippen LogP contribution in [0.4, 0.5) is 0 Å². The molecule has 2 aliphatic rings. The van der Waals surface area contributed by atoms with E-state index in [1.54, 1.807) is 7.05 Å².